The van der Waals surface area contributed by atoms with E-state index < -0.39 is 0 Å². The molecule has 5 nitrogen and oxygen atoms in total. The second-order valence-electron chi connectivity index (χ2n) is 5.96. The van der Waals surface area contributed by atoms with E-state index in [0.29, 0.717) is 18.2 Å². The molecular weight excluding hydrogens is 351 g/mol. The average molecular weight is 370 g/mol. The molecule has 0 radical (unpaired) electrons. The number of halogens is 1. The predicted octanol–water partition coefficient (Wildman–Crippen LogP) is 3.63. The van der Waals surface area contributed by atoms with Gasteiger partial charge in [-0.2, -0.15) is 0 Å². The number of nitrogens with zero attached hydrogens (tertiary/aromatic N) is 3. The second kappa shape index (κ2) is 8.64. The number of carbonyl (C=O) groups is 1. The minimum absolute atomic E-state index is 0.153. The summed E-state index contributed by atoms with van der Waals surface area (Å²) in [6.07, 6.45) is 5.19. The number of aryl methyl sites for hydroxylation is 1. The first-order valence-electron chi connectivity index (χ1n) is 8.16. The summed E-state index contributed by atoms with van der Waals surface area (Å²) in [4.78, 5) is 23.6. The quantitative estimate of drug-likeness (QED) is 0.690. The number of aromatic nitrogens is 2. The predicted molar refractivity (Wildman–Crippen MR) is 100 cm³/mol. The Morgan fingerprint density at radius 1 is 1.19 bits per heavy atom. The number of pyridine rings is 1. The molecular formula is C19H19FN4OS. The van der Waals surface area contributed by atoms with Crippen LogP contribution in [-0.4, -0.2) is 27.3 Å². The van der Waals surface area contributed by atoms with Gasteiger partial charge in [0.1, 0.15) is 5.82 Å². The van der Waals surface area contributed by atoms with E-state index in [1.54, 1.807) is 24.7 Å². The molecule has 1 aromatic carbocycles. The van der Waals surface area contributed by atoms with Crippen molar-refractivity contribution in [3.63, 3.8) is 0 Å². The Labute approximate surface area is 155 Å². The summed E-state index contributed by atoms with van der Waals surface area (Å²) < 4.78 is 13.5. The molecule has 0 atom stereocenters. The average Bonchev–Trinajstić information content (AvgIpc) is 3.00. The lowest BCUT2D eigenvalue weighted by Gasteiger charge is -2.21. The fraction of sp³-hybridized carbons (Fsp3) is 0.211. The van der Waals surface area contributed by atoms with Gasteiger partial charge < -0.3 is 5.32 Å². The van der Waals surface area contributed by atoms with E-state index in [1.165, 1.54) is 23.5 Å². The van der Waals surface area contributed by atoms with Gasteiger partial charge in [-0.15, -0.1) is 11.3 Å². The van der Waals surface area contributed by atoms with Crippen LogP contribution in [0.4, 0.5) is 9.52 Å². The molecule has 0 aliphatic heterocycles. The normalized spacial score (nSPS) is 10.9. The lowest BCUT2D eigenvalue weighted by atomic mass is 10.2. The van der Waals surface area contributed by atoms with Crippen LogP contribution in [0.3, 0.4) is 0 Å². The number of hydrogen-bond donors (Lipinski definition) is 1. The number of thiazole rings is 1. The van der Waals surface area contributed by atoms with Gasteiger partial charge in [0.15, 0.2) is 5.13 Å². The molecule has 0 fully saturated rings. The molecule has 0 saturated heterocycles. The summed E-state index contributed by atoms with van der Waals surface area (Å²) in [5.41, 5.74) is 1.80. The summed E-state index contributed by atoms with van der Waals surface area (Å²) >= 11 is 1.43. The largest absolute Gasteiger partial charge is 0.301 e. The number of anilines is 1. The van der Waals surface area contributed by atoms with Gasteiger partial charge in [-0.05, 0) is 36.2 Å². The molecule has 3 aromatic rings. The van der Waals surface area contributed by atoms with Gasteiger partial charge in [0.25, 0.3) is 0 Å². The molecule has 1 N–H and O–H groups in total. The topological polar surface area (TPSA) is 58.1 Å². The molecule has 0 spiro atoms. The monoisotopic (exact) mass is 370 g/mol. The van der Waals surface area contributed by atoms with E-state index >= 15 is 0 Å². The fourth-order valence-corrected chi connectivity index (χ4v) is 3.27. The molecule has 3 rings (SSSR count). The highest BCUT2D eigenvalue weighted by Crippen LogP contribution is 2.17. The summed E-state index contributed by atoms with van der Waals surface area (Å²) in [6, 6.07) is 10.2. The van der Waals surface area contributed by atoms with Crippen molar-refractivity contribution in [3.05, 3.63) is 76.8 Å². The highest BCUT2D eigenvalue weighted by atomic mass is 32.1. The fourth-order valence-electron chi connectivity index (χ4n) is 2.59. The molecule has 0 aliphatic carbocycles. The van der Waals surface area contributed by atoms with Crippen molar-refractivity contribution in [1.82, 2.24) is 14.9 Å². The van der Waals surface area contributed by atoms with Gasteiger partial charge in [0.2, 0.25) is 5.91 Å². The summed E-state index contributed by atoms with van der Waals surface area (Å²) in [7, 11) is 0. The molecule has 26 heavy (non-hydrogen) atoms. The number of amides is 1. The van der Waals surface area contributed by atoms with Crippen LogP contribution >= 0.6 is 11.3 Å². The number of rotatable bonds is 7. The van der Waals surface area contributed by atoms with E-state index in [-0.39, 0.29) is 18.3 Å². The maximum Gasteiger partial charge on any atom is 0.240 e. The molecule has 0 unspecified atom stereocenters. The molecule has 0 saturated carbocycles. The Bertz CT molecular complexity index is 869. The smallest absolute Gasteiger partial charge is 0.240 e. The summed E-state index contributed by atoms with van der Waals surface area (Å²) in [5, 5.41) is 3.40. The number of carbonyl (C=O) groups excluding carboxylic acids is 1. The van der Waals surface area contributed by atoms with Crippen molar-refractivity contribution < 1.29 is 9.18 Å². The SMILES string of the molecule is Cc1cnc(NC(=O)CN(Cc2cccnc2)Cc2cccc(F)c2)s1. The third kappa shape index (κ3) is 5.44. The molecule has 2 heterocycles. The van der Waals surface area contributed by atoms with Crippen molar-refractivity contribution >= 4 is 22.4 Å². The van der Waals surface area contributed by atoms with Gasteiger partial charge in [-0.25, -0.2) is 9.37 Å². The lowest BCUT2D eigenvalue weighted by Crippen LogP contribution is -2.32. The third-order valence-electron chi connectivity index (χ3n) is 3.66. The molecule has 1 amide bonds. The first-order valence-corrected chi connectivity index (χ1v) is 8.98. The maximum absolute atomic E-state index is 13.5. The van der Waals surface area contributed by atoms with Gasteiger partial charge in [0.05, 0.1) is 6.54 Å². The van der Waals surface area contributed by atoms with Crippen molar-refractivity contribution in [3.8, 4) is 0 Å². The highest BCUT2D eigenvalue weighted by Gasteiger charge is 2.14. The van der Waals surface area contributed by atoms with E-state index in [0.717, 1.165) is 16.0 Å². The van der Waals surface area contributed by atoms with Gasteiger partial charge in [-0.1, -0.05) is 18.2 Å². The van der Waals surface area contributed by atoms with Crippen LogP contribution in [0, 0.1) is 12.7 Å². The zero-order valence-corrected chi connectivity index (χ0v) is 15.2. The molecule has 134 valence electrons. The number of nitrogens with one attached hydrogen (secondary N) is 1. The minimum Gasteiger partial charge on any atom is -0.301 e. The van der Waals surface area contributed by atoms with E-state index in [1.807, 2.05) is 30.0 Å². The van der Waals surface area contributed by atoms with Crippen LogP contribution in [0.15, 0.2) is 55.0 Å². The first-order chi connectivity index (χ1) is 12.6. The maximum atomic E-state index is 13.5. The van der Waals surface area contributed by atoms with Crippen molar-refractivity contribution in [2.24, 2.45) is 0 Å². The standard InChI is InChI=1S/C19H19FN4OS/c1-14-9-22-19(26-14)23-18(25)13-24(12-16-5-3-7-21-10-16)11-15-4-2-6-17(20)8-15/h2-10H,11-13H2,1H3,(H,22,23,25). The van der Waals surface area contributed by atoms with Crippen molar-refractivity contribution in [1.29, 1.82) is 0 Å². The molecule has 0 aliphatic rings. The van der Waals surface area contributed by atoms with E-state index in [4.69, 9.17) is 0 Å². The van der Waals surface area contributed by atoms with Crippen LogP contribution in [0.2, 0.25) is 0 Å². The zero-order valence-electron chi connectivity index (χ0n) is 14.4. The van der Waals surface area contributed by atoms with Crippen LogP contribution in [-0.2, 0) is 17.9 Å². The van der Waals surface area contributed by atoms with Crippen LogP contribution < -0.4 is 5.32 Å². The van der Waals surface area contributed by atoms with Crippen molar-refractivity contribution in [2.75, 3.05) is 11.9 Å². The summed E-state index contributed by atoms with van der Waals surface area (Å²) in [5.74, 6) is -0.439. The third-order valence-corrected chi connectivity index (χ3v) is 4.49. The molecule has 0 bridgehead atoms. The Kier molecular flexibility index (Phi) is 6.04. The van der Waals surface area contributed by atoms with Crippen molar-refractivity contribution in [2.45, 2.75) is 20.0 Å². The van der Waals surface area contributed by atoms with Crippen LogP contribution in [0.1, 0.15) is 16.0 Å². The van der Waals surface area contributed by atoms with Crippen LogP contribution in [0.5, 0.6) is 0 Å². The van der Waals surface area contributed by atoms with Gasteiger partial charge in [0, 0.05) is 36.6 Å². The number of benzene rings is 1. The summed E-state index contributed by atoms with van der Waals surface area (Å²) in [6.45, 7) is 3.10. The van der Waals surface area contributed by atoms with E-state index in [2.05, 4.69) is 15.3 Å². The Morgan fingerprint density at radius 3 is 2.69 bits per heavy atom. The Balaban J connectivity index is 1.70. The number of hydrogen-bond acceptors (Lipinski definition) is 5. The van der Waals surface area contributed by atoms with E-state index in [9.17, 15) is 9.18 Å². The second-order valence-corrected chi connectivity index (χ2v) is 7.20. The minimum atomic E-state index is -0.286. The molecule has 7 heteroatoms. The van der Waals surface area contributed by atoms with Crippen LogP contribution in [0.25, 0.3) is 0 Å². The zero-order chi connectivity index (χ0) is 18.4. The highest BCUT2D eigenvalue weighted by molar-refractivity contribution is 7.15. The van der Waals surface area contributed by atoms with Gasteiger partial charge >= 0.3 is 0 Å². The Hall–Kier alpha value is -2.64. The Morgan fingerprint density at radius 2 is 2.00 bits per heavy atom. The van der Waals surface area contributed by atoms with Gasteiger partial charge in [-0.3, -0.25) is 14.7 Å². The molecule has 2 aromatic heterocycles. The lowest BCUT2D eigenvalue weighted by molar-refractivity contribution is -0.117. The first kappa shape index (κ1) is 18.2.